The van der Waals surface area contributed by atoms with E-state index in [4.69, 9.17) is 10.5 Å². The summed E-state index contributed by atoms with van der Waals surface area (Å²) in [7, 11) is 1.45. The molecule has 0 saturated carbocycles. The lowest BCUT2D eigenvalue weighted by Crippen LogP contribution is -2.32. The van der Waals surface area contributed by atoms with Crippen molar-refractivity contribution in [1.29, 1.82) is 0 Å². The zero-order chi connectivity index (χ0) is 14.0. The Morgan fingerprint density at radius 1 is 1.58 bits per heavy atom. The van der Waals surface area contributed by atoms with Crippen molar-refractivity contribution in [2.75, 3.05) is 20.2 Å². The van der Waals surface area contributed by atoms with Crippen LogP contribution in [0.4, 0.5) is 5.69 Å². The van der Waals surface area contributed by atoms with Gasteiger partial charge in [-0.15, -0.1) is 0 Å². The van der Waals surface area contributed by atoms with E-state index in [9.17, 15) is 14.9 Å². The maximum Gasteiger partial charge on any atom is 0.282 e. The van der Waals surface area contributed by atoms with Crippen molar-refractivity contribution in [2.24, 2.45) is 5.73 Å². The van der Waals surface area contributed by atoms with E-state index in [1.165, 1.54) is 30.2 Å². The lowest BCUT2D eigenvalue weighted by Gasteiger charge is -2.16. The molecule has 1 atom stereocenters. The van der Waals surface area contributed by atoms with Crippen LogP contribution < -0.4 is 10.5 Å². The fraction of sp³-hybridized carbons (Fsp3) is 0.417. The number of benzene rings is 1. The minimum absolute atomic E-state index is 0.0402. The number of carbonyl (C=O) groups is 1. The molecule has 7 nitrogen and oxygen atoms in total. The normalized spacial score (nSPS) is 18.4. The van der Waals surface area contributed by atoms with Gasteiger partial charge in [-0.25, -0.2) is 0 Å². The van der Waals surface area contributed by atoms with Crippen LogP contribution in [0, 0.1) is 10.1 Å². The predicted molar refractivity (Wildman–Crippen MR) is 68.1 cm³/mol. The number of nitro benzene ring substituents is 1. The van der Waals surface area contributed by atoms with Gasteiger partial charge in [0.15, 0.2) is 0 Å². The van der Waals surface area contributed by atoms with Gasteiger partial charge in [-0.2, -0.15) is 0 Å². The number of rotatable bonds is 3. The molecule has 0 bridgehead atoms. The molecule has 1 heterocycles. The monoisotopic (exact) mass is 265 g/mol. The number of hydrogen-bond acceptors (Lipinski definition) is 5. The Balaban J connectivity index is 2.36. The van der Waals surface area contributed by atoms with E-state index < -0.39 is 4.92 Å². The molecule has 1 amide bonds. The zero-order valence-corrected chi connectivity index (χ0v) is 10.5. The van der Waals surface area contributed by atoms with Crippen LogP contribution in [0.25, 0.3) is 0 Å². The molecule has 0 aliphatic carbocycles. The molecule has 0 unspecified atom stereocenters. The zero-order valence-electron chi connectivity index (χ0n) is 10.5. The third-order valence-electron chi connectivity index (χ3n) is 3.14. The summed E-state index contributed by atoms with van der Waals surface area (Å²) in [5.41, 5.74) is 5.57. The fourth-order valence-corrected chi connectivity index (χ4v) is 2.11. The number of methoxy groups -OCH3 is 1. The number of nitro groups is 1. The van der Waals surface area contributed by atoms with Gasteiger partial charge >= 0.3 is 0 Å². The van der Waals surface area contributed by atoms with Crippen molar-refractivity contribution in [3.8, 4) is 5.75 Å². The van der Waals surface area contributed by atoms with E-state index in [2.05, 4.69) is 0 Å². The van der Waals surface area contributed by atoms with Gasteiger partial charge < -0.3 is 15.4 Å². The van der Waals surface area contributed by atoms with E-state index in [-0.39, 0.29) is 23.2 Å². The largest absolute Gasteiger partial charge is 0.497 e. The molecule has 1 aromatic rings. The first-order valence-electron chi connectivity index (χ1n) is 5.90. The summed E-state index contributed by atoms with van der Waals surface area (Å²) in [4.78, 5) is 24.2. The molecule has 1 saturated heterocycles. The molecule has 102 valence electrons. The van der Waals surface area contributed by atoms with Crippen molar-refractivity contribution < 1.29 is 14.5 Å². The summed E-state index contributed by atoms with van der Waals surface area (Å²) in [6.45, 7) is 0.946. The number of likely N-dealkylation sites (tertiary alicyclic amines) is 1. The summed E-state index contributed by atoms with van der Waals surface area (Å²) in [5, 5.41) is 11.0. The van der Waals surface area contributed by atoms with Crippen LogP contribution in [0.2, 0.25) is 0 Å². The van der Waals surface area contributed by atoms with Gasteiger partial charge in [-0.05, 0) is 18.6 Å². The number of hydrogen-bond donors (Lipinski definition) is 1. The Morgan fingerprint density at radius 2 is 2.32 bits per heavy atom. The Labute approximate surface area is 110 Å². The van der Waals surface area contributed by atoms with Gasteiger partial charge in [0.1, 0.15) is 11.3 Å². The number of nitrogens with zero attached hydrogens (tertiary/aromatic N) is 2. The lowest BCUT2D eigenvalue weighted by atomic mass is 10.1. The molecule has 1 fully saturated rings. The van der Waals surface area contributed by atoms with Crippen molar-refractivity contribution in [3.63, 3.8) is 0 Å². The van der Waals surface area contributed by atoms with Crippen LogP contribution in [0.15, 0.2) is 18.2 Å². The lowest BCUT2D eigenvalue weighted by molar-refractivity contribution is -0.385. The van der Waals surface area contributed by atoms with Crippen molar-refractivity contribution in [3.05, 3.63) is 33.9 Å². The second kappa shape index (κ2) is 5.23. The second-order valence-electron chi connectivity index (χ2n) is 4.44. The van der Waals surface area contributed by atoms with Gasteiger partial charge in [0.05, 0.1) is 12.0 Å². The van der Waals surface area contributed by atoms with Crippen LogP contribution in [-0.2, 0) is 0 Å². The van der Waals surface area contributed by atoms with E-state index >= 15 is 0 Å². The minimum Gasteiger partial charge on any atom is -0.497 e. The quantitative estimate of drug-likeness (QED) is 0.643. The second-order valence-corrected chi connectivity index (χ2v) is 4.44. The van der Waals surface area contributed by atoms with Crippen LogP contribution >= 0.6 is 0 Å². The first-order valence-corrected chi connectivity index (χ1v) is 5.90. The fourth-order valence-electron chi connectivity index (χ4n) is 2.11. The van der Waals surface area contributed by atoms with Gasteiger partial charge in [0.2, 0.25) is 0 Å². The maximum absolute atomic E-state index is 12.3. The molecule has 7 heteroatoms. The third-order valence-corrected chi connectivity index (χ3v) is 3.14. The highest BCUT2D eigenvalue weighted by atomic mass is 16.6. The van der Waals surface area contributed by atoms with Crippen molar-refractivity contribution in [1.82, 2.24) is 4.90 Å². The average molecular weight is 265 g/mol. The van der Waals surface area contributed by atoms with Crippen LogP contribution in [-0.4, -0.2) is 42.0 Å². The van der Waals surface area contributed by atoms with Crippen LogP contribution in [0.3, 0.4) is 0 Å². The molecule has 1 aliphatic rings. The third kappa shape index (κ3) is 2.65. The van der Waals surface area contributed by atoms with E-state index in [0.717, 1.165) is 0 Å². The minimum atomic E-state index is -0.567. The molecule has 19 heavy (non-hydrogen) atoms. The molecular weight excluding hydrogens is 250 g/mol. The number of ether oxygens (including phenoxy) is 1. The molecule has 0 aromatic heterocycles. The van der Waals surface area contributed by atoms with E-state index in [0.29, 0.717) is 25.3 Å². The summed E-state index contributed by atoms with van der Waals surface area (Å²) in [6, 6.07) is 4.07. The standard InChI is InChI=1S/C12H15N3O4/c1-19-9-2-3-11(15(17)18)10(6-9)12(16)14-5-4-8(13)7-14/h2-3,6,8H,4-5,7,13H2,1H3/t8-/m1/s1. The Morgan fingerprint density at radius 3 is 2.84 bits per heavy atom. The summed E-state index contributed by atoms with van der Waals surface area (Å²) in [6.07, 6.45) is 0.712. The highest BCUT2D eigenvalue weighted by Gasteiger charge is 2.29. The number of amides is 1. The topological polar surface area (TPSA) is 98.7 Å². The maximum atomic E-state index is 12.3. The average Bonchev–Trinajstić information content (AvgIpc) is 2.83. The molecule has 2 rings (SSSR count). The van der Waals surface area contributed by atoms with Gasteiger partial charge in [-0.1, -0.05) is 0 Å². The smallest absolute Gasteiger partial charge is 0.282 e. The van der Waals surface area contributed by atoms with Gasteiger partial charge in [0, 0.05) is 25.2 Å². The molecule has 1 aliphatic heterocycles. The van der Waals surface area contributed by atoms with Crippen molar-refractivity contribution in [2.45, 2.75) is 12.5 Å². The Hall–Kier alpha value is -2.15. The first-order chi connectivity index (χ1) is 9.02. The SMILES string of the molecule is COc1ccc([N+](=O)[O-])c(C(=O)N2CC[C@@H](N)C2)c1. The molecule has 1 aromatic carbocycles. The molecule has 0 radical (unpaired) electrons. The van der Waals surface area contributed by atoms with Crippen molar-refractivity contribution >= 4 is 11.6 Å². The van der Waals surface area contributed by atoms with E-state index in [1.54, 1.807) is 0 Å². The Kier molecular flexibility index (Phi) is 3.66. The predicted octanol–water partition coefficient (Wildman–Crippen LogP) is 0.777. The van der Waals surface area contributed by atoms with Gasteiger partial charge in [0.25, 0.3) is 11.6 Å². The summed E-state index contributed by atoms with van der Waals surface area (Å²) < 4.78 is 5.01. The van der Waals surface area contributed by atoms with Crippen LogP contribution in [0.5, 0.6) is 5.75 Å². The summed E-state index contributed by atoms with van der Waals surface area (Å²) in [5.74, 6) is 0.0380. The molecule has 0 spiro atoms. The van der Waals surface area contributed by atoms with Gasteiger partial charge in [-0.3, -0.25) is 14.9 Å². The summed E-state index contributed by atoms with van der Waals surface area (Å²) >= 11 is 0. The number of nitrogens with two attached hydrogens (primary N) is 1. The van der Waals surface area contributed by atoms with E-state index in [1.807, 2.05) is 0 Å². The highest BCUT2D eigenvalue weighted by Crippen LogP contribution is 2.26. The molecular formula is C12H15N3O4. The highest BCUT2D eigenvalue weighted by molar-refractivity contribution is 5.98. The van der Waals surface area contributed by atoms with Crippen LogP contribution in [0.1, 0.15) is 16.8 Å². The molecule has 2 N–H and O–H groups in total. The Bertz CT molecular complexity index is 518. The first kappa shape index (κ1) is 13.3. The number of carbonyl (C=O) groups excluding carboxylic acids is 1.